The van der Waals surface area contributed by atoms with E-state index in [1.165, 1.54) is 43.9 Å². The summed E-state index contributed by atoms with van der Waals surface area (Å²) in [5.74, 6) is 1.79. The molecule has 2 aliphatic rings. The number of hydrogen-bond donors (Lipinski definition) is 0. The van der Waals surface area contributed by atoms with Gasteiger partial charge >= 0.3 is 0 Å². The molecule has 0 N–H and O–H groups in total. The summed E-state index contributed by atoms with van der Waals surface area (Å²) in [7, 11) is 0. The summed E-state index contributed by atoms with van der Waals surface area (Å²) in [4.78, 5) is 7.28. The summed E-state index contributed by atoms with van der Waals surface area (Å²) in [5, 5.41) is 0. The first-order chi connectivity index (χ1) is 7.81. The van der Waals surface area contributed by atoms with Gasteiger partial charge in [0.2, 0.25) is 0 Å². The van der Waals surface area contributed by atoms with Gasteiger partial charge in [-0.25, -0.2) is 4.99 Å². The summed E-state index contributed by atoms with van der Waals surface area (Å²) in [6.45, 7) is 6.87. The van der Waals surface area contributed by atoms with Gasteiger partial charge in [0.25, 0.3) is 0 Å². The fourth-order valence-electron chi connectivity index (χ4n) is 2.24. The molecule has 2 nitrogen and oxygen atoms in total. The fraction of sp³-hybridized carbons (Fsp3) is 0.643. The fourth-order valence-corrected chi connectivity index (χ4v) is 2.24. The van der Waals surface area contributed by atoms with Crippen molar-refractivity contribution in [3.8, 4) is 0 Å². The smallest absolute Gasteiger partial charge is 0.128 e. The third-order valence-electron chi connectivity index (χ3n) is 3.58. The third-order valence-corrected chi connectivity index (χ3v) is 3.58. The molecule has 88 valence electrons. The molecule has 0 radical (unpaired) electrons. The molecule has 1 atom stereocenters. The van der Waals surface area contributed by atoms with Gasteiger partial charge in [0.1, 0.15) is 5.82 Å². The Kier molecular flexibility index (Phi) is 3.81. The number of rotatable bonds is 3. The first-order valence-electron chi connectivity index (χ1n) is 6.50. The molecule has 1 saturated heterocycles. The van der Waals surface area contributed by atoms with Gasteiger partial charge in [-0.3, -0.25) is 0 Å². The Labute approximate surface area is 98.7 Å². The van der Waals surface area contributed by atoms with E-state index in [0.29, 0.717) is 5.92 Å². The Bertz CT molecular complexity index is 320. The molecular weight excluding hydrogens is 196 g/mol. The van der Waals surface area contributed by atoms with E-state index in [1.54, 1.807) is 0 Å². The average Bonchev–Trinajstić information content (AvgIpc) is 2.73. The van der Waals surface area contributed by atoms with Crippen molar-refractivity contribution in [2.24, 2.45) is 10.9 Å². The zero-order chi connectivity index (χ0) is 11.4. The molecule has 0 aromatic carbocycles. The average molecular weight is 218 g/mol. The van der Waals surface area contributed by atoms with E-state index < -0.39 is 0 Å². The Balaban J connectivity index is 2.16. The van der Waals surface area contributed by atoms with Crippen LogP contribution in [0.1, 0.15) is 39.5 Å². The highest BCUT2D eigenvalue weighted by molar-refractivity contribution is 5.88. The third kappa shape index (κ3) is 2.55. The number of aliphatic imine (C=N–C) groups is 1. The Hall–Kier alpha value is -1.05. The van der Waals surface area contributed by atoms with Gasteiger partial charge in [0.05, 0.1) is 0 Å². The Morgan fingerprint density at radius 1 is 1.38 bits per heavy atom. The highest BCUT2D eigenvalue weighted by Crippen LogP contribution is 2.20. The van der Waals surface area contributed by atoms with Gasteiger partial charge in [-0.1, -0.05) is 26.0 Å². The maximum atomic E-state index is 4.87. The summed E-state index contributed by atoms with van der Waals surface area (Å²) in [5.41, 5.74) is 1.34. The molecule has 0 spiro atoms. The van der Waals surface area contributed by atoms with Gasteiger partial charge in [-0.05, 0) is 31.3 Å². The van der Waals surface area contributed by atoms with Crippen molar-refractivity contribution >= 4 is 5.71 Å². The molecule has 1 fully saturated rings. The molecule has 0 aromatic rings. The van der Waals surface area contributed by atoms with E-state index in [9.17, 15) is 0 Å². The Morgan fingerprint density at radius 2 is 2.12 bits per heavy atom. The van der Waals surface area contributed by atoms with Crippen LogP contribution in [-0.2, 0) is 0 Å². The van der Waals surface area contributed by atoms with Crippen LogP contribution in [0.5, 0.6) is 0 Å². The standard InChI is InChI=1S/C14H22N2/c1-3-12(2)13-8-4-5-9-14(15-13)16-10-6-7-11-16/h4-5,9,12H,3,6-8,10-11H2,1-2H3. The molecule has 0 amide bonds. The van der Waals surface area contributed by atoms with Crippen LogP contribution >= 0.6 is 0 Å². The van der Waals surface area contributed by atoms with Crippen LogP contribution in [0.3, 0.4) is 0 Å². The molecule has 2 heteroatoms. The molecule has 0 aliphatic carbocycles. The molecule has 1 unspecified atom stereocenters. The van der Waals surface area contributed by atoms with E-state index in [1.807, 2.05) is 0 Å². The normalized spacial score (nSPS) is 22.8. The predicted octanol–water partition coefficient (Wildman–Crippen LogP) is 3.37. The molecule has 2 aliphatic heterocycles. The second kappa shape index (κ2) is 5.33. The zero-order valence-corrected chi connectivity index (χ0v) is 10.4. The highest BCUT2D eigenvalue weighted by atomic mass is 15.2. The summed E-state index contributed by atoms with van der Waals surface area (Å²) < 4.78 is 0. The number of hydrogen-bond acceptors (Lipinski definition) is 2. The van der Waals surface area contributed by atoms with E-state index in [0.717, 1.165) is 6.42 Å². The van der Waals surface area contributed by atoms with Crippen molar-refractivity contribution in [1.82, 2.24) is 4.90 Å². The van der Waals surface area contributed by atoms with E-state index in [4.69, 9.17) is 4.99 Å². The summed E-state index contributed by atoms with van der Waals surface area (Å²) in [6, 6.07) is 0. The minimum absolute atomic E-state index is 0.605. The molecule has 0 aromatic heterocycles. The quantitative estimate of drug-likeness (QED) is 0.709. The van der Waals surface area contributed by atoms with Crippen molar-refractivity contribution in [2.45, 2.75) is 39.5 Å². The molecule has 0 bridgehead atoms. The monoisotopic (exact) mass is 218 g/mol. The maximum absolute atomic E-state index is 4.87. The summed E-state index contributed by atoms with van der Waals surface area (Å²) in [6.07, 6.45) is 11.4. The zero-order valence-electron chi connectivity index (χ0n) is 10.4. The minimum Gasteiger partial charge on any atom is -0.357 e. The van der Waals surface area contributed by atoms with Crippen molar-refractivity contribution in [3.05, 3.63) is 24.0 Å². The predicted molar refractivity (Wildman–Crippen MR) is 69.5 cm³/mol. The van der Waals surface area contributed by atoms with Crippen LogP contribution in [0, 0.1) is 5.92 Å². The van der Waals surface area contributed by atoms with Crippen LogP contribution in [0.15, 0.2) is 29.0 Å². The van der Waals surface area contributed by atoms with Gasteiger partial charge in [-0.2, -0.15) is 0 Å². The minimum atomic E-state index is 0.605. The van der Waals surface area contributed by atoms with E-state index in [2.05, 4.69) is 37.0 Å². The largest absolute Gasteiger partial charge is 0.357 e. The number of allylic oxidation sites excluding steroid dienone is 3. The van der Waals surface area contributed by atoms with E-state index >= 15 is 0 Å². The molecular formula is C14H22N2. The molecule has 2 heterocycles. The van der Waals surface area contributed by atoms with Crippen molar-refractivity contribution in [1.29, 1.82) is 0 Å². The first-order valence-corrected chi connectivity index (χ1v) is 6.50. The summed E-state index contributed by atoms with van der Waals surface area (Å²) >= 11 is 0. The van der Waals surface area contributed by atoms with Gasteiger partial charge in [0, 0.05) is 25.2 Å². The van der Waals surface area contributed by atoms with Gasteiger partial charge in [-0.15, -0.1) is 0 Å². The highest BCUT2D eigenvalue weighted by Gasteiger charge is 2.16. The lowest BCUT2D eigenvalue weighted by molar-refractivity contribution is 0.422. The lowest BCUT2D eigenvalue weighted by Crippen LogP contribution is -2.19. The Morgan fingerprint density at radius 3 is 2.81 bits per heavy atom. The van der Waals surface area contributed by atoms with Crippen LogP contribution in [0.25, 0.3) is 0 Å². The molecule has 0 saturated carbocycles. The second-order valence-electron chi connectivity index (χ2n) is 4.76. The van der Waals surface area contributed by atoms with Crippen LogP contribution in [0.4, 0.5) is 0 Å². The van der Waals surface area contributed by atoms with Crippen molar-refractivity contribution in [3.63, 3.8) is 0 Å². The lowest BCUT2D eigenvalue weighted by atomic mass is 10.0. The van der Waals surface area contributed by atoms with Crippen molar-refractivity contribution < 1.29 is 0 Å². The van der Waals surface area contributed by atoms with Crippen LogP contribution < -0.4 is 0 Å². The topological polar surface area (TPSA) is 15.6 Å². The van der Waals surface area contributed by atoms with Crippen molar-refractivity contribution in [2.75, 3.05) is 13.1 Å². The number of nitrogens with zero attached hydrogens (tertiary/aromatic N) is 2. The SMILES string of the molecule is CCC(C)C1=NC(N2CCCC2)=CC=CC1. The maximum Gasteiger partial charge on any atom is 0.128 e. The van der Waals surface area contributed by atoms with Crippen LogP contribution in [0.2, 0.25) is 0 Å². The van der Waals surface area contributed by atoms with E-state index in [-0.39, 0.29) is 0 Å². The lowest BCUT2D eigenvalue weighted by Gasteiger charge is -2.19. The number of likely N-dealkylation sites (tertiary alicyclic amines) is 1. The van der Waals surface area contributed by atoms with Crippen LogP contribution in [-0.4, -0.2) is 23.7 Å². The first kappa shape index (κ1) is 11.4. The van der Waals surface area contributed by atoms with Gasteiger partial charge < -0.3 is 4.90 Å². The van der Waals surface area contributed by atoms with Gasteiger partial charge in [0.15, 0.2) is 0 Å². The molecule has 16 heavy (non-hydrogen) atoms. The second-order valence-corrected chi connectivity index (χ2v) is 4.76. The molecule has 2 rings (SSSR count).